The van der Waals surface area contributed by atoms with E-state index in [9.17, 15) is 4.79 Å². The lowest BCUT2D eigenvalue weighted by Crippen LogP contribution is -2.51. The van der Waals surface area contributed by atoms with Gasteiger partial charge in [-0.2, -0.15) is 0 Å². The topological polar surface area (TPSA) is 54.0 Å². The Hall–Kier alpha value is -1.63. The molecule has 1 heterocycles. The van der Waals surface area contributed by atoms with Gasteiger partial charge in [0.05, 0.1) is 18.8 Å². The summed E-state index contributed by atoms with van der Waals surface area (Å²) in [7, 11) is 0. The van der Waals surface area contributed by atoms with Crippen LogP contribution in [0.4, 0.5) is 0 Å². The van der Waals surface area contributed by atoms with E-state index < -0.39 is 24.3 Å². The van der Waals surface area contributed by atoms with Gasteiger partial charge in [-0.15, -0.1) is 0 Å². The largest absolute Gasteiger partial charge is 0.456 e. The predicted molar refractivity (Wildman–Crippen MR) is 116 cm³/mol. The summed E-state index contributed by atoms with van der Waals surface area (Å²) in [6.07, 6.45) is -0.0616. The van der Waals surface area contributed by atoms with Gasteiger partial charge in [-0.1, -0.05) is 54.7 Å². The number of hydrogen-bond donors (Lipinski definition) is 0. The first kappa shape index (κ1) is 23.0. The van der Waals surface area contributed by atoms with Gasteiger partial charge in [0.15, 0.2) is 6.29 Å². The van der Waals surface area contributed by atoms with Crippen LogP contribution in [0.25, 0.3) is 0 Å². The molecule has 4 atom stereocenters. The van der Waals surface area contributed by atoms with Crippen LogP contribution in [0, 0.1) is 0 Å². The number of carbonyl (C=O) groups is 1. The zero-order valence-corrected chi connectivity index (χ0v) is 18.6. The van der Waals surface area contributed by atoms with Crippen molar-refractivity contribution >= 4 is 29.2 Å². The summed E-state index contributed by atoms with van der Waals surface area (Å²) in [4.78, 5) is 12.5. The highest BCUT2D eigenvalue weighted by molar-refractivity contribution is 6.34. The zero-order valence-electron chi connectivity index (χ0n) is 17.1. The van der Waals surface area contributed by atoms with Crippen LogP contribution in [0.3, 0.4) is 0 Å². The van der Waals surface area contributed by atoms with E-state index in [0.29, 0.717) is 22.2 Å². The van der Waals surface area contributed by atoms with Crippen molar-refractivity contribution in [3.05, 3.63) is 69.7 Å². The van der Waals surface area contributed by atoms with Crippen molar-refractivity contribution in [2.45, 2.75) is 57.9 Å². The molecule has 0 bridgehead atoms. The van der Waals surface area contributed by atoms with Crippen molar-refractivity contribution in [3.63, 3.8) is 0 Å². The molecule has 30 heavy (non-hydrogen) atoms. The molecule has 0 N–H and O–H groups in total. The maximum absolute atomic E-state index is 12.5. The molecule has 1 aliphatic rings. The van der Waals surface area contributed by atoms with E-state index in [-0.39, 0.29) is 12.9 Å². The molecule has 0 aromatic heterocycles. The summed E-state index contributed by atoms with van der Waals surface area (Å²) >= 11 is 12.1. The molecule has 162 valence electrons. The lowest BCUT2D eigenvalue weighted by atomic mass is 10.1. The Labute approximate surface area is 187 Å². The van der Waals surface area contributed by atoms with Gasteiger partial charge in [0.25, 0.3) is 0 Å². The lowest BCUT2D eigenvalue weighted by Gasteiger charge is -2.38. The fourth-order valence-corrected chi connectivity index (χ4v) is 3.89. The number of halogens is 2. The minimum Gasteiger partial charge on any atom is -0.456 e. The fourth-order valence-electron chi connectivity index (χ4n) is 3.32. The molecule has 2 aromatic rings. The van der Waals surface area contributed by atoms with Gasteiger partial charge in [0, 0.05) is 10.0 Å². The minimum absolute atomic E-state index is 0.284. The monoisotopic (exact) mass is 452 g/mol. The Morgan fingerprint density at radius 2 is 1.87 bits per heavy atom. The molecule has 0 aliphatic carbocycles. The third-order valence-corrected chi connectivity index (χ3v) is 5.23. The average molecular weight is 453 g/mol. The van der Waals surface area contributed by atoms with Crippen LogP contribution in [0.5, 0.6) is 0 Å². The summed E-state index contributed by atoms with van der Waals surface area (Å²) < 4.78 is 23.6. The van der Waals surface area contributed by atoms with Crippen LogP contribution in [0.15, 0.2) is 48.5 Å². The van der Waals surface area contributed by atoms with E-state index in [4.69, 9.17) is 42.1 Å². The van der Waals surface area contributed by atoms with Gasteiger partial charge in [-0.25, -0.2) is 4.79 Å². The highest BCUT2D eigenvalue weighted by Crippen LogP contribution is 2.26. The Morgan fingerprint density at radius 1 is 1.17 bits per heavy atom. The van der Waals surface area contributed by atoms with E-state index in [1.807, 2.05) is 13.0 Å². The maximum Gasteiger partial charge on any atom is 0.338 e. The third kappa shape index (κ3) is 6.43. The summed E-state index contributed by atoms with van der Waals surface area (Å²) in [5, 5.41) is 1.09. The Bertz CT molecular complexity index is 809. The van der Waals surface area contributed by atoms with E-state index in [1.165, 1.54) is 0 Å². The molecule has 3 rings (SSSR count). The van der Waals surface area contributed by atoms with E-state index in [2.05, 4.69) is 6.92 Å². The molecule has 0 spiro atoms. The molecule has 5 nitrogen and oxygen atoms in total. The minimum atomic E-state index is -0.520. The first-order valence-corrected chi connectivity index (χ1v) is 10.8. The smallest absolute Gasteiger partial charge is 0.338 e. The van der Waals surface area contributed by atoms with E-state index in [1.54, 1.807) is 42.5 Å². The van der Waals surface area contributed by atoms with Crippen LogP contribution in [0.1, 0.15) is 42.6 Å². The normalized spacial score (nSPS) is 22.5. The summed E-state index contributed by atoms with van der Waals surface area (Å²) in [5.41, 5.74) is 1.34. The summed E-state index contributed by atoms with van der Waals surface area (Å²) in [6, 6.07) is 14.1. The van der Waals surface area contributed by atoms with Crippen molar-refractivity contribution in [2.24, 2.45) is 0 Å². The van der Waals surface area contributed by atoms with Crippen LogP contribution in [-0.2, 0) is 25.6 Å². The zero-order chi connectivity index (χ0) is 21.5. The van der Waals surface area contributed by atoms with Crippen molar-refractivity contribution in [3.8, 4) is 0 Å². The van der Waals surface area contributed by atoms with Crippen LogP contribution < -0.4 is 0 Å². The van der Waals surface area contributed by atoms with Gasteiger partial charge < -0.3 is 18.9 Å². The van der Waals surface area contributed by atoms with Crippen molar-refractivity contribution in [1.82, 2.24) is 0 Å². The molecular formula is C23H26Cl2O5. The SMILES string of the molecule is CCC[C@H]1OC[C@@H](OCc2cc(Cl)cc(Cl)c2)[C@@H](C(C)OC(=O)c2ccccc2)O1. The highest BCUT2D eigenvalue weighted by atomic mass is 35.5. The first-order valence-electron chi connectivity index (χ1n) is 10.1. The van der Waals surface area contributed by atoms with Gasteiger partial charge in [-0.3, -0.25) is 0 Å². The van der Waals surface area contributed by atoms with Crippen LogP contribution >= 0.6 is 23.2 Å². The van der Waals surface area contributed by atoms with E-state index >= 15 is 0 Å². The average Bonchev–Trinajstić information content (AvgIpc) is 2.73. The number of hydrogen-bond acceptors (Lipinski definition) is 5. The molecule has 1 aliphatic heterocycles. The predicted octanol–water partition coefficient (Wildman–Crippen LogP) is 5.67. The molecule has 1 saturated heterocycles. The van der Waals surface area contributed by atoms with Gasteiger partial charge in [0.1, 0.15) is 18.3 Å². The number of benzene rings is 2. The molecule has 7 heteroatoms. The van der Waals surface area contributed by atoms with Crippen LogP contribution in [0.2, 0.25) is 10.0 Å². The van der Waals surface area contributed by atoms with Gasteiger partial charge in [-0.05, 0) is 49.2 Å². The number of ether oxygens (including phenoxy) is 4. The Morgan fingerprint density at radius 3 is 2.53 bits per heavy atom. The van der Waals surface area contributed by atoms with Crippen molar-refractivity contribution in [2.75, 3.05) is 6.61 Å². The first-order chi connectivity index (χ1) is 14.5. The Balaban J connectivity index is 1.67. The van der Waals surface area contributed by atoms with Crippen molar-refractivity contribution in [1.29, 1.82) is 0 Å². The third-order valence-electron chi connectivity index (χ3n) is 4.80. The second-order valence-corrected chi connectivity index (χ2v) is 8.13. The molecule has 0 saturated carbocycles. The van der Waals surface area contributed by atoms with Crippen molar-refractivity contribution < 1.29 is 23.7 Å². The molecule has 0 radical (unpaired) electrons. The molecule has 0 amide bonds. The Kier molecular flexibility index (Phi) is 8.54. The summed E-state index contributed by atoms with van der Waals surface area (Å²) in [6.45, 7) is 4.50. The molecular weight excluding hydrogens is 427 g/mol. The number of esters is 1. The maximum atomic E-state index is 12.5. The standard InChI is InChI=1S/C23H26Cl2O5/c1-3-7-21-28-14-20(27-13-16-10-18(24)12-19(25)11-16)22(30-21)15(2)29-23(26)17-8-5-4-6-9-17/h4-6,8-12,15,20-22H,3,7,13-14H2,1-2H3/t15?,20-,21+,22-/m1/s1. The second kappa shape index (κ2) is 11.1. The quantitative estimate of drug-likeness (QED) is 0.483. The van der Waals surface area contributed by atoms with E-state index in [0.717, 1.165) is 18.4 Å². The fraction of sp³-hybridized carbons (Fsp3) is 0.435. The number of rotatable bonds is 8. The van der Waals surface area contributed by atoms with Gasteiger partial charge >= 0.3 is 5.97 Å². The molecule has 2 aromatic carbocycles. The molecule has 1 unspecified atom stereocenters. The highest BCUT2D eigenvalue weighted by Gasteiger charge is 2.38. The van der Waals surface area contributed by atoms with Gasteiger partial charge in [0.2, 0.25) is 0 Å². The lowest BCUT2D eigenvalue weighted by molar-refractivity contribution is -0.280. The summed E-state index contributed by atoms with van der Waals surface area (Å²) in [5.74, 6) is -0.398. The molecule has 1 fully saturated rings. The second-order valence-electron chi connectivity index (χ2n) is 7.26. The number of carbonyl (C=O) groups excluding carboxylic acids is 1. The van der Waals surface area contributed by atoms with Crippen LogP contribution in [-0.4, -0.2) is 37.2 Å².